The van der Waals surface area contributed by atoms with Gasteiger partial charge in [0.2, 0.25) is 0 Å². The SMILES string of the molecule is CN1CCCC2CN(CC3(C)CCNC3)CCC21. The summed E-state index contributed by atoms with van der Waals surface area (Å²) in [7, 11) is 2.33. The molecule has 104 valence electrons. The molecule has 0 aliphatic carbocycles. The van der Waals surface area contributed by atoms with Crippen molar-refractivity contribution in [2.24, 2.45) is 11.3 Å². The maximum atomic E-state index is 3.53. The average molecular weight is 251 g/mol. The first-order valence-corrected chi connectivity index (χ1v) is 7.80. The monoisotopic (exact) mass is 251 g/mol. The van der Waals surface area contributed by atoms with Gasteiger partial charge in [0.05, 0.1) is 0 Å². The first-order chi connectivity index (χ1) is 8.66. The molecule has 0 aromatic heterocycles. The molecule has 0 amide bonds. The molecule has 0 saturated carbocycles. The molecule has 0 spiro atoms. The zero-order valence-electron chi connectivity index (χ0n) is 12.1. The second-order valence-electron chi connectivity index (χ2n) is 7.21. The number of rotatable bonds is 2. The summed E-state index contributed by atoms with van der Waals surface area (Å²) in [6.45, 7) is 10.2. The molecular formula is C15H29N3. The van der Waals surface area contributed by atoms with E-state index in [9.17, 15) is 0 Å². The highest BCUT2D eigenvalue weighted by Crippen LogP contribution is 2.32. The molecule has 3 atom stereocenters. The molecule has 0 aromatic carbocycles. The highest BCUT2D eigenvalue weighted by atomic mass is 15.2. The number of nitrogens with one attached hydrogen (secondary N) is 1. The summed E-state index contributed by atoms with van der Waals surface area (Å²) in [6.07, 6.45) is 5.62. The third kappa shape index (κ3) is 2.59. The minimum Gasteiger partial charge on any atom is -0.316 e. The van der Waals surface area contributed by atoms with Crippen molar-refractivity contribution in [3.05, 3.63) is 0 Å². The number of hydrogen-bond donors (Lipinski definition) is 1. The molecule has 3 aliphatic heterocycles. The fourth-order valence-electron chi connectivity index (χ4n) is 4.41. The van der Waals surface area contributed by atoms with E-state index in [0.717, 1.165) is 12.0 Å². The van der Waals surface area contributed by atoms with Crippen LogP contribution in [0.15, 0.2) is 0 Å². The lowest BCUT2D eigenvalue weighted by atomic mass is 9.82. The standard InChI is InChI=1S/C15H29N3/c1-15(6-7-16-11-15)12-18-9-5-14-13(10-18)4-3-8-17(14)2/h13-14,16H,3-12H2,1-2H3. The number of fused-ring (bicyclic) bond motifs is 1. The Bertz CT molecular complexity index is 285. The van der Waals surface area contributed by atoms with Gasteiger partial charge in [-0.1, -0.05) is 6.92 Å². The van der Waals surface area contributed by atoms with Crippen molar-refractivity contribution in [3.8, 4) is 0 Å². The van der Waals surface area contributed by atoms with Crippen molar-refractivity contribution in [3.63, 3.8) is 0 Å². The van der Waals surface area contributed by atoms with E-state index in [4.69, 9.17) is 0 Å². The molecular weight excluding hydrogens is 222 g/mol. The van der Waals surface area contributed by atoms with Gasteiger partial charge < -0.3 is 15.1 Å². The van der Waals surface area contributed by atoms with E-state index in [0.29, 0.717) is 5.41 Å². The second-order valence-corrected chi connectivity index (χ2v) is 7.21. The zero-order chi connectivity index (χ0) is 12.6. The molecule has 3 saturated heterocycles. The van der Waals surface area contributed by atoms with Gasteiger partial charge in [0.15, 0.2) is 0 Å². The Morgan fingerprint density at radius 3 is 2.94 bits per heavy atom. The predicted octanol–water partition coefficient (Wildman–Crippen LogP) is 1.40. The van der Waals surface area contributed by atoms with Crippen LogP contribution in [0, 0.1) is 11.3 Å². The molecule has 1 N–H and O–H groups in total. The zero-order valence-corrected chi connectivity index (χ0v) is 12.1. The summed E-state index contributed by atoms with van der Waals surface area (Å²) in [5.41, 5.74) is 0.535. The van der Waals surface area contributed by atoms with E-state index in [1.54, 1.807) is 0 Å². The average Bonchev–Trinajstić information content (AvgIpc) is 2.76. The van der Waals surface area contributed by atoms with Gasteiger partial charge in [-0.05, 0) is 63.7 Å². The maximum Gasteiger partial charge on any atom is 0.0145 e. The first kappa shape index (κ1) is 12.9. The Kier molecular flexibility index (Phi) is 3.65. The second kappa shape index (κ2) is 5.10. The van der Waals surface area contributed by atoms with Gasteiger partial charge in [-0.3, -0.25) is 0 Å². The van der Waals surface area contributed by atoms with Gasteiger partial charge in [0.25, 0.3) is 0 Å². The van der Waals surface area contributed by atoms with E-state index >= 15 is 0 Å². The van der Waals surface area contributed by atoms with Crippen molar-refractivity contribution < 1.29 is 0 Å². The van der Waals surface area contributed by atoms with Gasteiger partial charge in [-0.25, -0.2) is 0 Å². The first-order valence-electron chi connectivity index (χ1n) is 7.80. The number of piperidine rings is 2. The normalized spacial score (nSPS) is 43.0. The molecule has 3 nitrogen and oxygen atoms in total. The highest BCUT2D eigenvalue weighted by molar-refractivity contribution is 4.93. The molecule has 0 bridgehead atoms. The van der Waals surface area contributed by atoms with Gasteiger partial charge in [0, 0.05) is 25.7 Å². The topological polar surface area (TPSA) is 18.5 Å². The number of likely N-dealkylation sites (tertiary alicyclic amines) is 2. The van der Waals surface area contributed by atoms with Crippen LogP contribution in [0.3, 0.4) is 0 Å². The van der Waals surface area contributed by atoms with Crippen molar-refractivity contribution in [2.75, 3.05) is 46.3 Å². The minimum absolute atomic E-state index is 0.535. The maximum absolute atomic E-state index is 3.53. The molecule has 3 rings (SSSR count). The van der Waals surface area contributed by atoms with Gasteiger partial charge >= 0.3 is 0 Å². The van der Waals surface area contributed by atoms with Gasteiger partial charge in [0.1, 0.15) is 0 Å². The Morgan fingerprint density at radius 2 is 2.17 bits per heavy atom. The summed E-state index contributed by atoms with van der Waals surface area (Å²) in [6, 6.07) is 0.879. The number of hydrogen-bond acceptors (Lipinski definition) is 3. The molecule has 18 heavy (non-hydrogen) atoms. The quantitative estimate of drug-likeness (QED) is 0.800. The lowest BCUT2D eigenvalue weighted by molar-refractivity contribution is 0.0241. The molecule has 3 aliphatic rings. The molecule has 0 radical (unpaired) electrons. The summed E-state index contributed by atoms with van der Waals surface area (Å²) >= 11 is 0. The summed E-state index contributed by atoms with van der Waals surface area (Å²) in [5.74, 6) is 0.940. The summed E-state index contributed by atoms with van der Waals surface area (Å²) in [4.78, 5) is 5.37. The van der Waals surface area contributed by atoms with Crippen LogP contribution >= 0.6 is 0 Å². The third-order valence-corrected chi connectivity index (χ3v) is 5.49. The van der Waals surface area contributed by atoms with Gasteiger partial charge in [-0.2, -0.15) is 0 Å². The van der Waals surface area contributed by atoms with Crippen molar-refractivity contribution >= 4 is 0 Å². The van der Waals surface area contributed by atoms with Crippen molar-refractivity contribution in [1.82, 2.24) is 15.1 Å². The van der Waals surface area contributed by atoms with Crippen molar-refractivity contribution in [1.29, 1.82) is 0 Å². The Hall–Kier alpha value is -0.120. The van der Waals surface area contributed by atoms with Gasteiger partial charge in [-0.15, -0.1) is 0 Å². The van der Waals surface area contributed by atoms with E-state index in [2.05, 4.69) is 29.1 Å². The Labute approximate surface area is 112 Å². The summed E-state index contributed by atoms with van der Waals surface area (Å²) < 4.78 is 0. The molecule has 3 heteroatoms. The fraction of sp³-hybridized carbons (Fsp3) is 1.00. The van der Waals surface area contributed by atoms with E-state index in [1.807, 2.05) is 0 Å². The van der Waals surface area contributed by atoms with Crippen LogP contribution < -0.4 is 5.32 Å². The van der Waals surface area contributed by atoms with Crippen LogP contribution in [0.2, 0.25) is 0 Å². The largest absolute Gasteiger partial charge is 0.316 e. The van der Waals surface area contributed by atoms with Crippen LogP contribution in [0.25, 0.3) is 0 Å². The lowest BCUT2D eigenvalue weighted by Crippen LogP contribution is -2.54. The minimum atomic E-state index is 0.535. The Morgan fingerprint density at radius 1 is 1.28 bits per heavy atom. The van der Waals surface area contributed by atoms with Crippen LogP contribution in [0.5, 0.6) is 0 Å². The van der Waals surface area contributed by atoms with Crippen LogP contribution in [0.4, 0.5) is 0 Å². The van der Waals surface area contributed by atoms with E-state index < -0.39 is 0 Å². The fourth-order valence-corrected chi connectivity index (χ4v) is 4.41. The lowest BCUT2D eigenvalue weighted by Gasteiger charge is -2.47. The molecule has 3 heterocycles. The smallest absolute Gasteiger partial charge is 0.0145 e. The van der Waals surface area contributed by atoms with E-state index in [1.165, 1.54) is 65.0 Å². The van der Waals surface area contributed by atoms with Crippen LogP contribution in [-0.4, -0.2) is 62.2 Å². The third-order valence-electron chi connectivity index (χ3n) is 5.49. The Balaban J connectivity index is 1.57. The molecule has 3 unspecified atom stereocenters. The number of nitrogens with zero attached hydrogens (tertiary/aromatic N) is 2. The van der Waals surface area contributed by atoms with Crippen LogP contribution in [-0.2, 0) is 0 Å². The van der Waals surface area contributed by atoms with E-state index in [-0.39, 0.29) is 0 Å². The molecule has 3 fully saturated rings. The highest BCUT2D eigenvalue weighted by Gasteiger charge is 2.37. The predicted molar refractivity (Wildman–Crippen MR) is 75.8 cm³/mol. The molecule has 0 aromatic rings. The van der Waals surface area contributed by atoms with Crippen LogP contribution in [0.1, 0.15) is 32.6 Å². The van der Waals surface area contributed by atoms with Crippen molar-refractivity contribution in [2.45, 2.75) is 38.6 Å². The summed E-state index contributed by atoms with van der Waals surface area (Å²) in [5, 5.41) is 3.53.